The molecule has 3 aliphatic rings. The minimum atomic E-state index is 0.384. The Kier molecular flexibility index (Phi) is 4.57. The summed E-state index contributed by atoms with van der Waals surface area (Å²) in [5.74, 6) is 2.76. The average Bonchev–Trinajstić information content (AvgIpc) is 2.97. The van der Waals surface area contributed by atoms with Gasteiger partial charge in [-0.1, -0.05) is 25.7 Å². The molecule has 0 aromatic carbocycles. The first-order chi connectivity index (χ1) is 9.33. The van der Waals surface area contributed by atoms with E-state index in [2.05, 4.69) is 0 Å². The van der Waals surface area contributed by atoms with Crippen molar-refractivity contribution in [1.29, 1.82) is 0 Å². The second kappa shape index (κ2) is 6.39. The highest BCUT2D eigenvalue weighted by molar-refractivity contribution is 5.81. The second-order valence-electron chi connectivity index (χ2n) is 6.95. The molecular formula is C17H28O2. The predicted molar refractivity (Wildman–Crippen MR) is 76.0 cm³/mol. The van der Waals surface area contributed by atoms with Gasteiger partial charge in [-0.25, -0.2) is 0 Å². The van der Waals surface area contributed by atoms with E-state index in [9.17, 15) is 4.79 Å². The zero-order chi connectivity index (χ0) is 13.1. The van der Waals surface area contributed by atoms with Crippen LogP contribution in [0.4, 0.5) is 0 Å². The van der Waals surface area contributed by atoms with Gasteiger partial charge in [0.25, 0.3) is 0 Å². The molecule has 1 aliphatic heterocycles. The van der Waals surface area contributed by atoms with Crippen molar-refractivity contribution in [3.8, 4) is 0 Å². The maximum Gasteiger partial charge on any atom is 0.136 e. The van der Waals surface area contributed by atoms with Crippen LogP contribution in [0, 0.1) is 17.8 Å². The Morgan fingerprint density at radius 3 is 2.58 bits per heavy atom. The Morgan fingerprint density at radius 1 is 0.947 bits per heavy atom. The highest BCUT2D eigenvalue weighted by Crippen LogP contribution is 2.43. The van der Waals surface area contributed by atoms with Crippen LogP contribution in [-0.4, -0.2) is 18.5 Å². The van der Waals surface area contributed by atoms with Crippen LogP contribution in [0.1, 0.15) is 70.6 Å². The molecule has 2 nitrogen and oxygen atoms in total. The quantitative estimate of drug-likeness (QED) is 0.763. The first-order valence-corrected chi connectivity index (χ1v) is 8.47. The lowest BCUT2D eigenvalue weighted by atomic mass is 9.66. The molecule has 4 atom stereocenters. The van der Waals surface area contributed by atoms with E-state index in [-0.39, 0.29) is 0 Å². The van der Waals surface area contributed by atoms with Crippen LogP contribution >= 0.6 is 0 Å². The van der Waals surface area contributed by atoms with Gasteiger partial charge in [0.2, 0.25) is 0 Å². The first-order valence-electron chi connectivity index (χ1n) is 8.47. The number of rotatable bonds is 4. The molecule has 0 spiro atoms. The van der Waals surface area contributed by atoms with Crippen LogP contribution in [0.3, 0.4) is 0 Å². The maximum absolute atomic E-state index is 12.4. The normalized spacial score (nSPS) is 38.9. The van der Waals surface area contributed by atoms with Crippen molar-refractivity contribution in [2.75, 3.05) is 6.61 Å². The van der Waals surface area contributed by atoms with Crippen molar-refractivity contribution in [2.45, 2.75) is 76.7 Å². The molecule has 108 valence electrons. The molecule has 3 fully saturated rings. The molecule has 0 bridgehead atoms. The number of hydrogen-bond donors (Lipinski definition) is 0. The molecule has 1 heterocycles. The van der Waals surface area contributed by atoms with E-state index in [0.29, 0.717) is 17.8 Å². The Bertz CT molecular complexity index is 306. The van der Waals surface area contributed by atoms with Crippen molar-refractivity contribution in [1.82, 2.24) is 0 Å². The third kappa shape index (κ3) is 3.39. The minimum absolute atomic E-state index is 0.384. The predicted octanol–water partition coefficient (Wildman–Crippen LogP) is 4.12. The summed E-state index contributed by atoms with van der Waals surface area (Å²) in [6, 6.07) is 0. The zero-order valence-electron chi connectivity index (χ0n) is 12.1. The van der Waals surface area contributed by atoms with Gasteiger partial charge in [0, 0.05) is 18.9 Å². The van der Waals surface area contributed by atoms with Crippen LogP contribution in [0.2, 0.25) is 0 Å². The van der Waals surface area contributed by atoms with Gasteiger partial charge in [-0.3, -0.25) is 4.79 Å². The van der Waals surface area contributed by atoms with Gasteiger partial charge in [0.15, 0.2) is 0 Å². The molecular weight excluding hydrogens is 236 g/mol. The van der Waals surface area contributed by atoms with Gasteiger partial charge < -0.3 is 4.74 Å². The Balaban J connectivity index is 1.44. The number of ether oxygens (including phenoxy) is 1. The monoisotopic (exact) mass is 264 g/mol. The van der Waals surface area contributed by atoms with Gasteiger partial charge in [-0.15, -0.1) is 0 Å². The lowest BCUT2D eigenvalue weighted by Gasteiger charge is -2.38. The minimum Gasteiger partial charge on any atom is -0.378 e. The van der Waals surface area contributed by atoms with E-state index in [1.807, 2.05) is 0 Å². The molecule has 2 heteroatoms. The fourth-order valence-corrected chi connectivity index (χ4v) is 4.55. The maximum atomic E-state index is 12.4. The molecule has 19 heavy (non-hydrogen) atoms. The summed E-state index contributed by atoms with van der Waals surface area (Å²) in [7, 11) is 0. The van der Waals surface area contributed by atoms with E-state index in [1.54, 1.807) is 0 Å². The molecule has 0 aromatic heterocycles. The van der Waals surface area contributed by atoms with Crippen molar-refractivity contribution in [3.05, 3.63) is 0 Å². The van der Waals surface area contributed by atoms with Crippen LogP contribution in [-0.2, 0) is 9.53 Å². The van der Waals surface area contributed by atoms with Gasteiger partial charge in [0.1, 0.15) is 5.78 Å². The highest BCUT2D eigenvalue weighted by atomic mass is 16.5. The molecule has 0 radical (unpaired) electrons. The Hall–Kier alpha value is -0.370. The number of fused-ring (bicyclic) bond motifs is 1. The number of carbonyl (C=O) groups is 1. The third-order valence-electron chi connectivity index (χ3n) is 5.73. The third-order valence-corrected chi connectivity index (χ3v) is 5.73. The van der Waals surface area contributed by atoms with Gasteiger partial charge >= 0.3 is 0 Å². The number of carbonyl (C=O) groups excluding carboxylic acids is 1. The molecule has 3 rings (SSSR count). The Labute approximate surface area is 117 Å². The van der Waals surface area contributed by atoms with E-state index in [1.165, 1.54) is 57.8 Å². The standard InChI is InChI=1S/C17H28O2/c18-17(10-9-16-6-3-11-19-16)15-8-7-13-4-1-2-5-14(13)12-15/h13-16H,1-12H2. The number of ketones is 1. The van der Waals surface area contributed by atoms with Crippen LogP contribution < -0.4 is 0 Å². The molecule has 2 saturated carbocycles. The summed E-state index contributed by atoms with van der Waals surface area (Å²) in [5.41, 5.74) is 0. The van der Waals surface area contributed by atoms with E-state index < -0.39 is 0 Å². The highest BCUT2D eigenvalue weighted by Gasteiger charge is 2.34. The SMILES string of the molecule is O=C(CCC1CCCO1)C1CCC2CCCCC2C1. The van der Waals surface area contributed by atoms with Crippen molar-refractivity contribution in [2.24, 2.45) is 17.8 Å². The first kappa shape index (κ1) is 13.6. The van der Waals surface area contributed by atoms with Gasteiger partial charge in [0.05, 0.1) is 6.10 Å². The molecule has 0 N–H and O–H groups in total. The second-order valence-corrected chi connectivity index (χ2v) is 6.95. The summed E-state index contributed by atoms with van der Waals surface area (Å²) in [4.78, 5) is 12.4. The summed E-state index contributed by atoms with van der Waals surface area (Å²) in [6.45, 7) is 0.909. The molecule has 4 unspecified atom stereocenters. The number of Topliss-reactive ketones (excluding diaryl/α,β-unsaturated/α-hetero) is 1. The van der Waals surface area contributed by atoms with Crippen LogP contribution in [0.25, 0.3) is 0 Å². The van der Waals surface area contributed by atoms with Gasteiger partial charge in [-0.05, 0) is 50.4 Å². The fraction of sp³-hybridized carbons (Fsp3) is 0.941. The molecule has 2 aliphatic carbocycles. The van der Waals surface area contributed by atoms with Crippen molar-refractivity contribution >= 4 is 5.78 Å². The molecule has 0 aromatic rings. The van der Waals surface area contributed by atoms with Crippen molar-refractivity contribution < 1.29 is 9.53 Å². The average molecular weight is 264 g/mol. The van der Waals surface area contributed by atoms with E-state index >= 15 is 0 Å². The largest absolute Gasteiger partial charge is 0.378 e. The van der Waals surface area contributed by atoms with E-state index in [4.69, 9.17) is 4.74 Å². The summed E-state index contributed by atoms with van der Waals surface area (Å²) in [5, 5.41) is 0. The van der Waals surface area contributed by atoms with Crippen molar-refractivity contribution in [3.63, 3.8) is 0 Å². The van der Waals surface area contributed by atoms with Crippen LogP contribution in [0.15, 0.2) is 0 Å². The smallest absolute Gasteiger partial charge is 0.136 e. The summed E-state index contributed by atoms with van der Waals surface area (Å²) in [6.07, 6.45) is 13.8. The topological polar surface area (TPSA) is 26.3 Å². The zero-order valence-corrected chi connectivity index (χ0v) is 12.1. The fourth-order valence-electron chi connectivity index (χ4n) is 4.55. The molecule has 1 saturated heterocycles. The lowest BCUT2D eigenvalue weighted by Crippen LogP contribution is -2.31. The van der Waals surface area contributed by atoms with E-state index in [0.717, 1.165) is 31.3 Å². The van der Waals surface area contributed by atoms with Crippen LogP contribution in [0.5, 0.6) is 0 Å². The summed E-state index contributed by atoms with van der Waals surface area (Å²) >= 11 is 0. The number of hydrogen-bond acceptors (Lipinski definition) is 2. The lowest BCUT2D eigenvalue weighted by molar-refractivity contribution is -0.125. The summed E-state index contributed by atoms with van der Waals surface area (Å²) < 4.78 is 5.62. The molecule has 0 amide bonds. The Morgan fingerprint density at radius 2 is 1.79 bits per heavy atom. The van der Waals surface area contributed by atoms with Gasteiger partial charge in [-0.2, -0.15) is 0 Å².